The van der Waals surface area contributed by atoms with Crippen molar-refractivity contribution in [2.45, 2.75) is 200 Å². The molecule has 67 heavy (non-hydrogen) atoms. The van der Waals surface area contributed by atoms with E-state index < -0.39 is 0 Å². The van der Waals surface area contributed by atoms with Crippen LogP contribution in [0.1, 0.15) is 200 Å². The number of nitrogens with one attached hydrogen (secondary N) is 1. The van der Waals surface area contributed by atoms with E-state index in [4.69, 9.17) is 47.4 Å². The number of carbonyl (C=O) groups is 1. The highest BCUT2D eigenvalue weighted by molar-refractivity contribution is 7.80. The third-order valence-electron chi connectivity index (χ3n) is 11.6. The minimum Gasteiger partial charge on any atom is -0.379 e. The van der Waals surface area contributed by atoms with Crippen molar-refractivity contribution in [3.05, 3.63) is 0 Å². The molecule has 13 heteroatoms. The van der Waals surface area contributed by atoms with E-state index >= 15 is 0 Å². The van der Waals surface area contributed by atoms with Crippen LogP contribution < -0.4 is 5.32 Å². The van der Waals surface area contributed by atoms with Crippen LogP contribution in [0.25, 0.3) is 0 Å². The normalized spacial score (nSPS) is 11.6. The fourth-order valence-electron chi connectivity index (χ4n) is 7.53. The second-order valence-corrected chi connectivity index (χ2v) is 18.3. The van der Waals surface area contributed by atoms with E-state index in [2.05, 4.69) is 24.9 Å². The fourth-order valence-corrected chi connectivity index (χ4v) is 7.75. The van der Waals surface area contributed by atoms with Gasteiger partial charge in [-0.25, -0.2) is 0 Å². The van der Waals surface area contributed by atoms with Gasteiger partial charge in [0.2, 0.25) is 5.91 Å². The molecule has 12 nitrogen and oxygen atoms in total. The van der Waals surface area contributed by atoms with Crippen molar-refractivity contribution in [2.75, 3.05) is 144 Å². The minimum atomic E-state index is 0.118. The first kappa shape index (κ1) is 66.4. The Bertz CT molecular complexity index is 897. The summed E-state index contributed by atoms with van der Waals surface area (Å²) >= 11 is 4.27. The molecule has 1 N–H and O–H groups in total. The number of thiol groups is 1. The summed E-state index contributed by atoms with van der Waals surface area (Å²) < 4.78 is 55.7. The van der Waals surface area contributed by atoms with Gasteiger partial charge >= 0.3 is 0 Å². The molecule has 0 fully saturated rings. The molecule has 0 saturated heterocycles. The number of hydrogen-bond donors (Lipinski definition) is 2. The molecule has 0 aliphatic rings. The lowest BCUT2D eigenvalue weighted by molar-refractivity contribution is -0.121. The molecular formula is C54H109NO11S. The Morgan fingerprint density at radius 1 is 0.284 bits per heavy atom. The number of hydrogen-bond acceptors (Lipinski definition) is 12. The fraction of sp³-hybridized carbons (Fsp3) is 0.981. The van der Waals surface area contributed by atoms with Gasteiger partial charge in [0, 0.05) is 19.6 Å². The largest absolute Gasteiger partial charge is 0.379 e. The van der Waals surface area contributed by atoms with E-state index in [0.717, 1.165) is 31.6 Å². The van der Waals surface area contributed by atoms with Crippen molar-refractivity contribution in [2.24, 2.45) is 0 Å². The van der Waals surface area contributed by atoms with E-state index in [1.165, 1.54) is 167 Å². The molecule has 0 aromatic carbocycles. The molecule has 0 spiro atoms. The lowest BCUT2D eigenvalue weighted by Gasteiger charge is -2.09. The van der Waals surface area contributed by atoms with Gasteiger partial charge in [0.1, 0.15) is 0 Å². The van der Waals surface area contributed by atoms with Gasteiger partial charge in [-0.2, -0.15) is 12.6 Å². The van der Waals surface area contributed by atoms with E-state index in [9.17, 15) is 4.79 Å². The first-order valence-electron chi connectivity index (χ1n) is 28.0. The van der Waals surface area contributed by atoms with E-state index in [-0.39, 0.29) is 5.91 Å². The Morgan fingerprint density at radius 3 is 0.791 bits per heavy atom. The molecule has 0 unspecified atom stereocenters. The Kier molecular flexibility index (Phi) is 62.9. The zero-order valence-electron chi connectivity index (χ0n) is 43.7. The van der Waals surface area contributed by atoms with Gasteiger partial charge in [-0.1, -0.05) is 174 Å². The maximum atomic E-state index is 12.0. The lowest BCUT2D eigenvalue weighted by Crippen LogP contribution is -2.27. The summed E-state index contributed by atoms with van der Waals surface area (Å²) in [6.07, 6.45) is 39.6. The van der Waals surface area contributed by atoms with Crippen LogP contribution in [0.15, 0.2) is 0 Å². The first-order chi connectivity index (χ1) is 33.3. The number of rotatable bonds is 62. The highest BCUT2D eigenvalue weighted by Crippen LogP contribution is 2.15. The van der Waals surface area contributed by atoms with Gasteiger partial charge in [0.05, 0.1) is 126 Å². The van der Waals surface area contributed by atoms with Crippen LogP contribution in [0.5, 0.6) is 0 Å². The summed E-state index contributed by atoms with van der Waals surface area (Å²) in [6.45, 7) is 13.8. The molecule has 0 bridgehead atoms. The summed E-state index contributed by atoms with van der Waals surface area (Å²) in [5.41, 5.74) is 0. The van der Waals surface area contributed by atoms with Crippen molar-refractivity contribution in [3.8, 4) is 0 Å². The molecule has 0 aliphatic carbocycles. The Morgan fingerprint density at radius 2 is 0.507 bits per heavy atom. The molecule has 0 rings (SSSR count). The van der Waals surface area contributed by atoms with Crippen LogP contribution in [0.3, 0.4) is 0 Å². The number of ether oxygens (including phenoxy) is 10. The number of carbonyl (C=O) groups excluding carboxylic acids is 1. The van der Waals surface area contributed by atoms with Crippen molar-refractivity contribution in [1.29, 1.82) is 0 Å². The first-order valence-corrected chi connectivity index (χ1v) is 28.6. The Labute approximate surface area is 418 Å². The summed E-state index contributed by atoms with van der Waals surface area (Å²) in [5, 5.41) is 2.95. The smallest absolute Gasteiger partial charge is 0.220 e. The van der Waals surface area contributed by atoms with Gasteiger partial charge in [-0.15, -0.1) is 0 Å². The highest BCUT2D eigenvalue weighted by Gasteiger charge is 2.02. The topological polar surface area (TPSA) is 121 Å². The van der Waals surface area contributed by atoms with Crippen LogP contribution >= 0.6 is 12.6 Å². The highest BCUT2D eigenvalue weighted by atomic mass is 32.1. The Hall–Kier alpha value is -0.580. The summed E-state index contributed by atoms with van der Waals surface area (Å²) in [4.78, 5) is 12.0. The monoisotopic (exact) mass is 980 g/mol. The van der Waals surface area contributed by atoms with Crippen LogP contribution in [-0.4, -0.2) is 150 Å². The molecule has 1 amide bonds. The Balaban J connectivity index is 3.12. The average Bonchev–Trinajstić information content (AvgIpc) is 3.33. The summed E-state index contributed by atoms with van der Waals surface area (Å²) in [7, 11) is 0. The van der Waals surface area contributed by atoms with E-state index in [0.29, 0.717) is 138 Å². The minimum absolute atomic E-state index is 0.118. The zero-order valence-corrected chi connectivity index (χ0v) is 44.6. The third-order valence-corrected chi connectivity index (χ3v) is 11.9. The van der Waals surface area contributed by atoms with Gasteiger partial charge in [0.25, 0.3) is 0 Å². The van der Waals surface area contributed by atoms with Gasteiger partial charge in [0.15, 0.2) is 0 Å². The van der Waals surface area contributed by atoms with Crippen LogP contribution in [0.2, 0.25) is 0 Å². The molecule has 0 aromatic rings. The average molecular weight is 981 g/mol. The van der Waals surface area contributed by atoms with Crippen molar-refractivity contribution in [1.82, 2.24) is 5.32 Å². The van der Waals surface area contributed by atoms with E-state index in [1.54, 1.807) is 0 Å². The van der Waals surface area contributed by atoms with E-state index in [1.807, 2.05) is 0 Å². The zero-order chi connectivity index (χ0) is 48.1. The molecule has 402 valence electrons. The second kappa shape index (κ2) is 63.4. The number of unbranched alkanes of at least 4 members (excludes halogenated alkanes) is 27. The molecular weight excluding hydrogens is 871 g/mol. The molecule has 0 atom stereocenters. The quantitative estimate of drug-likeness (QED) is 0.0447. The maximum absolute atomic E-state index is 12.0. The van der Waals surface area contributed by atoms with Crippen LogP contribution in [0, 0.1) is 0 Å². The number of amides is 1. The van der Waals surface area contributed by atoms with Crippen LogP contribution in [-0.2, 0) is 52.2 Å². The SMILES string of the molecule is CCCCCCCCCCCCCCCCCCOCCOCCOCCOCCOCCOCCOCCOCCOCCOCCNC(=O)CCCCCCCCCCCCCCCS. The predicted octanol–water partition coefficient (Wildman–Crippen LogP) is 11.9. The molecule has 0 saturated carbocycles. The van der Waals surface area contributed by atoms with Crippen molar-refractivity contribution in [3.63, 3.8) is 0 Å². The maximum Gasteiger partial charge on any atom is 0.220 e. The van der Waals surface area contributed by atoms with Crippen molar-refractivity contribution >= 4 is 18.5 Å². The second-order valence-electron chi connectivity index (χ2n) is 17.8. The predicted molar refractivity (Wildman–Crippen MR) is 279 cm³/mol. The standard InChI is InChI=1S/C54H109NO11S/c1-2-3-4-5-6-7-8-9-10-11-14-17-20-23-26-29-33-57-35-37-59-39-41-61-43-45-63-47-49-65-51-52-66-50-48-64-46-44-62-42-40-60-38-36-58-34-32-55-54(56)31-28-25-22-19-16-13-12-15-18-21-24-27-30-53-67/h67H,2-53H2,1H3,(H,55,56). The molecule has 0 aromatic heterocycles. The van der Waals surface area contributed by atoms with Crippen molar-refractivity contribution < 1.29 is 52.2 Å². The van der Waals surface area contributed by atoms with Gasteiger partial charge < -0.3 is 52.7 Å². The summed E-state index contributed by atoms with van der Waals surface area (Å²) in [6, 6.07) is 0. The lowest BCUT2D eigenvalue weighted by atomic mass is 10.0. The summed E-state index contributed by atoms with van der Waals surface area (Å²) in [5.74, 6) is 1.14. The molecule has 0 aliphatic heterocycles. The van der Waals surface area contributed by atoms with Crippen LogP contribution in [0.4, 0.5) is 0 Å². The third kappa shape index (κ3) is 63.4. The molecule has 0 radical (unpaired) electrons. The molecule has 0 heterocycles. The van der Waals surface area contributed by atoms with Gasteiger partial charge in [-0.05, 0) is 25.0 Å². The van der Waals surface area contributed by atoms with Gasteiger partial charge in [-0.3, -0.25) is 4.79 Å².